The molecule has 5 heteroatoms. The summed E-state index contributed by atoms with van der Waals surface area (Å²) in [4.78, 5) is 4.58. The molecule has 0 aromatic rings. The van der Waals surface area contributed by atoms with Gasteiger partial charge in [0.05, 0.1) is 0 Å². The number of nitrogens with zero attached hydrogens (tertiary/aromatic N) is 1. The van der Waals surface area contributed by atoms with Crippen LogP contribution in [0, 0.1) is 11.8 Å². The molecule has 128 valence electrons. The zero-order chi connectivity index (χ0) is 15.5. The van der Waals surface area contributed by atoms with E-state index in [-0.39, 0.29) is 0 Å². The van der Waals surface area contributed by atoms with Gasteiger partial charge in [-0.2, -0.15) is 0 Å². The molecule has 2 aliphatic carbocycles. The number of ether oxygens (including phenoxy) is 2. The van der Waals surface area contributed by atoms with E-state index >= 15 is 0 Å². The molecular formula is C17H33N3O2. The number of hydrogen-bond donors (Lipinski definition) is 2. The van der Waals surface area contributed by atoms with Gasteiger partial charge >= 0.3 is 0 Å². The lowest BCUT2D eigenvalue weighted by Crippen LogP contribution is -2.38. The van der Waals surface area contributed by atoms with E-state index in [1.54, 1.807) is 0 Å². The maximum atomic E-state index is 5.63. The van der Waals surface area contributed by atoms with Crippen LogP contribution in [0.3, 0.4) is 0 Å². The standard InChI is InChI=1S/C17H33N3O2/c1-2-18-17(19-9-3-11-21-13-15-5-6-15)20-10-4-12-22-14-16-7-8-16/h15-16H,2-14H2,1H3,(H2,18,19,20). The molecule has 0 saturated heterocycles. The normalized spacial score (nSPS) is 18.5. The van der Waals surface area contributed by atoms with Gasteiger partial charge in [-0.25, -0.2) is 0 Å². The average Bonchev–Trinajstić information content (AvgIpc) is 3.40. The molecule has 2 saturated carbocycles. The van der Waals surface area contributed by atoms with Gasteiger partial charge in [-0.15, -0.1) is 0 Å². The molecule has 0 aliphatic heterocycles. The van der Waals surface area contributed by atoms with Gasteiger partial charge in [-0.05, 0) is 57.3 Å². The lowest BCUT2D eigenvalue weighted by Gasteiger charge is -2.11. The molecule has 0 unspecified atom stereocenters. The molecular weight excluding hydrogens is 278 g/mol. The van der Waals surface area contributed by atoms with Crippen molar-refractivity contribution in [3.8, 4) is 0 Å². The van der Waals surface area contributed by atoms with E-state index in [2.05, 4.69) is 22.5 Å². The van der Waals surface area contributed by atoms with Crippen LogP contribution in [0.4, 0.5) is 0 Å². The topological polar surface area (TPSA) is 54.9 Å². The summed E-state index contributed by atoms with van der Waals surface area (Å²) in [6, 6.07) is 0. The zero-order valence-electron chi connectivity index (χ0n) is 14.1. The van der Waals surface area contributed by atoms with Crippen LogP contribution in [-0.2, 0) is 9.47 Å². The van der Waals surface area contributed by atoms with Crippen molar-refractivity contribution in [3.05, 3.63) is 0 Å². The largest absolute Gasteiger partial charge is 0.381 e. The van der Waals surface area contributed by atoms with Gasteiger partial charge in [0, 0.05) is 46.1 Å². The maximum Gasteiger partial charge on any atom is 0.191 e. The van der Waals surface area contributed by atoms with E-state index in [1.165, 1.54) is 25.7 Å². The zero-order valence-corrected chi connectivity index (χ0v) is 14.1. The summed E-state index contributed by atoms with van der Waals surface area (Å²) in [6.07, 6.45) is 7.46. The van der Waals surface area contributed by atoms with E-state index in [9.17, 15) is 0 Å². The SMILES string of the molecule is CCNC(=NCCCOCC1CC1)NCCCOCC1CC1. The maximum absolute atomic E-state index is 5.63. The van der Waals surface area contributed by atoms with Crippen molar-refractivity contribution in [3.63, 3.8) is 0 Å². The van der Waals surface area contributed by atoms with Crippen LogP contribution in [0.5, 0.6) is 0 Å². The minimum atomic E-state index is 0.818. The number of nitrogens with one attached hydrogen (secondary N) is 2. The summed E-state index contributed by atoms with van der Waals surface area (Å²) in [5.74, 6) is 2.62. The second-order valence-corrected chi connectivity index (χ2v) is 6.43. The van der Waals surface area contributed by atoms with Gasteiger partial charge in [0.2, 0.25) is 0 Å². The molecule has 0 amide bonds. The Morgan fingerprint density at radius 3 is 2.18 bits per heavy atom. The summed E-state index contributed by atoms with van der Waals surface area (Å²) >= 11 is 0. The number of rotatable bonds is 13. The molecule has 2 fully saturated rings. The highest BCUT2D eigenvalue weighted by atomic mass is 16.5. The molecule has 0 aromatic carbocycles. The highest BCUT2D eigenvalue weighted by molar-refractivity contribution is 5.79. The van der Waals surface area contributed by atoms with Gasteiger partial charge in [0.25, 0.3) is 0 Å². The molecule has 0 spiro atoms. The van der Waals surface area contributed by atoms with Crippen LogP contribution >= 0.6 is 0 Å². The van der Waals surface area contributed by atoms with Crippen LogP contribution in [0.1, 0.15) is 45.4 Å². The summed E-state index contributed by atoms with van der Waals surface area (Å²) in [7, 11) is 0. The lowest BCUT2D eigenvalue weighted by molar-refractivity contribution is 0.122. The van der Waals surface area contributed by atoms with Gasteiger partial charge in [0.1, 0.15) is 0 Å². The first-order chi connectivity index (χ1) is 10.9. The fraction of sp³-hybridized carbons (Fsp3) is 0.941. The molecule has 0 heterocycles. The highest BCUT2D eigenvalue weighted by Crippen LogP contribution is 2.29. The Morgan fingerprint density at radius 2 is 1.59 bits per heavy atom. The molecule has 2 aliphatic rings. The van der Waals surface area contributed by atoms with Crippen molar-refractivity contribution in [1.29, 1.82) is 0 Å². The highest BCUT2D eigenvalue weighted by Gasteiger charge is 2.21. The van der Waals surface area contributed by atoms with E-state index in [4.69, 9.17) is 9.47 Å². The molecule has 0 bridgehead atoms. The van der Waals surface area contributed by atoms with Gasteiger partial charge < -0.3 is 20.1 Å². The quantitative estimate of drug-likeness (QED) is 0.311. The fourth-order valence-corrected chi connectivity index (χ4v) is 2.15. The molecule has 0 atom stereocenters. The van der Waals surface area contributed by atoms with Crippen LogP contribution in [-0.4, -0.2) is 52.0 Å². The second kappa shape index (κ2) is 10.8. The second-order valence-electron chi connectivity index (χ2n) is 6.43. The van der Waals surface area contributed by atoms with Crippen molar-refractivity contribution >= 4 is 5.96 Å². The van der Waals surface area contributed by atoms with E-state index in [0.29, 0.717) is 0 Å². The third-order valence-electron chi connectivity index (χ3n) is 3.92. The smallest absolute Gasteiger partial charge is 0.191 e. The predicted octanol–water partition coefficient (Wildman–Crippen LogP) is 2.17. The Morgan fingerprint density at radius 1 is 0.955 bits per heavy atom. The number of hydrogen-bond acceptors (Lipinski definition) is 3. The first kappa shape index (κ1) is 17.5. The average molecular weight is 311 g/mol. The minimum absolute atomic E-state index is 0.818. The van der Waals surface area contributed by atoms with Crippen molar-refractivity contribution < 1.29 is 9.47 Å². The van der Waals surface area contributed by atoms with Crippen LogP contribution < -0.4 is 10.6 Å². The number of aliphatic imine (C=N–C) groups is 1. The summed E-state index contributed by atoms with van der Waals surface area (Å²) in [5.41, 5.74) is 0. The molecule has 2 rings (SSSR count). The Hall–Kier alpha value is -0.810. The summed E-state index contributed by atoms with van der Waals surface area (Å²) in [6.45, 7) is 8.29. The van der Waals surface area contributed by atoms with Crippen LogP contribution in [0.25, 0.3) is 0 Å². The lowest BCUT2D eigenvalue weighted by atomic mass is 10.4. The van der Waals surface area contributed by atoms with E-state index in [1.807, 2.05) is 0 Å². The molecule has 2 N–H and O–H groups in total. The van der Waals surface area contributed by atoms with Crippen molar-refractivity contribution in [1.82, 2.24) is 10.6 Å². The Bertz CT molecular complexity index is 315. The number of guanidine groups is 1. The molecule has 0 aromatic heterocycles. The third-order valence-corrected chi connectivity index (χ3v) is 3.92. The fourth-order valence-electron chi connectivity index (χ4n) is 2.15. The van der Waals surface area contributed by atoms with E-state index in [0.717, 1.165) is 76.7 Å². The Labute approximate surface area is 135 Å². The Kier molecular flexibility index (Phi) is 8.64. The summed E-state index contributed by atoms with van der Waals surface area (Å²) in [5, 5.41) is 6.64. The van der Waals surface area contributed by atoms with Gasteiger partial charge in [-0.1, -0.05) is 0 Å². The van der Waals surface area contributed by atoms with Crippen LogP contribution in [0.2, 0.25) is 0 Å². The Balaban J connectivity index is 1.43. The third kappa shape index (κ3) is 9.26. The molecule has 5 nitrogen and oxygen atoms in total. The van der Waals surface area contributed by atoms with Gasteiger partial charge in [0.15, 0.2) is 5.96 Å². The van der Waals surface area contributed by atoms with Crippen LogP contribution in [0.15, 0.2) is 4.99 Å². The molecule has 0 radical (unpaired) electrons. The van der Waals surface area contributed by atoms with Crippen molar-refractivity contribution in [2.24, 2.45) is 16.8 Å². The predicted molar refractivity (Wildman–Crippen MR) is 90.3 cm³/mol. The first-order valence-corrected chi connectivity index (χ1v) is 9.06. The van der Waals surface area contributed by atoms with E-state index < -0.39 is 0 Å². The summed E-state index contributed by atoms with van der Waals surface area (Å²) < 4.78 is 11.3. The minimum Gasteiger partial charge on any atom is -0.381 e. The molecule has 22 heavy (non-hydrogen) atoms. The first-order valence-electron chi connectivity index (χ1n) is 9.06. The monoisotopic (exact) mass is 311 g/mol. The van der Waals surface area contributed by atoms with Crippen molar-refractivity contribution in [2.45, 2.75) is 45.4 Å². The van der Waals surface area contributed by atoms with Gasteiger partial charge in [-0.3, -0.25) is 4.99 Å². The van der Waals surface area contributed by atoms with Crippen molar-refractivity contribution in [2.75, 3.05) is 46.1 Å².